The van der Waals surface area contributed by atoms with Gasteiger partial charge in [-0.05, 0) is 48.9 Å². The predicted octanol–water partition coefficient (Wildman–Crippen LogP) is 3.26. The molecule has 0 heterocycles. The van der Waals surface area contributed by atoms with Gasteiger partial charge in [0.25, 0.3) is 0 Å². The van der Waals surface area contributed by atoms with Crippen molar-refractivity contribution in [1.82, 2.24) is 5.32 Å². The Kier molecular flexibility index (Phi) is 4.60. The van der Waals surface area contributed by atoms with Gasteiger partial charge in [-0.15, -0.1) is 0 Å². The van der Waals surface area contributed by atoms with Crippen LogP contribution in [0.1, 0.15) is 37.8 Å². The van der Waals surface area contributed by atoms with Crippen LogP contribution >= 0.6 is 11.6 Å². The van der Waals surface area contributed by atoms with Crippen LogP contribution in [0.3, 0.4) is 0 Å². The maximum absolute atomic E-state index is 13.3. The molecular weight excluding hydrogens is 251 g/mol. The SMILES string of the molecule is CC1CCC(NC(CN)c2cc(F)cc(Cl)c2)C1. The van der Waals surface area contributed by atoms with Crippen molar-refractivity contribution < 1.29 is 4.39 Å². The molecule has 2 rings (SSSR count). The van der Waals surface area contributed by atoms with Crippen LogP contribution < -0.4 is 11.1 Å². The van der Waals surface area contributed by atoms with E-state index in [0.29, 0.717) is 17.6 Å². The average molecular weight is 271 g/mol. The van der Waals surface area contributed by atoms with E-state index in [1.165, 1.54) is 31.4 Å². The Morgan fingerprint density at radius 2 is 2.22 bits per heavy atom. The number of benzene rings is 1. The second-order valence-electron chi connectivity index (χ2n) is 5.27. The standard InChI is InChI=1S/C14H20ClFN2/c1-9-2-3-13(4-9)18-14(8-17)10-5-11(15)7-12(16)6-10/h5-7,9,13-14,18H,2-4,8,17H2,1H3. The lowest BCUT2D eigenvalue weighted by atomic mass is 10.0. The van der Waals surface area contributed by atoms with Crippen LogP contribution in [0.4, 0.5) is 4.39 Å². The van der Waals surface area contributed by atoms with Crippen LogP contribution in [0, 0.1) is 11.7 Å². The summed E-state index contributed by atoms with van der Waals surface area (Å²) in [7, 11) is 0. The van der Waals surface area contributed by atoms with Crippen molar-refractivity contribution in [1.29, 1.82) is 0 Å². The van der Waals surface area contributed by atoms with Crippen molar-refractivity contribution in [3.05, 3.63) is 34.6 Å². The van der Waals surface area contributed by atoms with Crippen LogP contribution in [-0.4, -0.2) is 12.6 Å². The number of hydrogen-bond acceptors (Lipinski definition) is 2. The Hall–Kier alpha value is -0.640. The third-order valence-corrected chi connectivity index (χ3v) is 3.87. The summed E-state index contributed by atoms with van der Waals surface area (Å²) in [6.07, 6.45) is 3.58. The summed E-state index contributed by atoms with van der Waals surface area (Å²) in [6, 6.07) is 5.07. The van der Waals surface area contributed by atoms with E-state index >= 15 is 0 Å². The molecule has 1 aromatic carbocycles. The van der Waals surface area contributed by atoms with E-state index < -0.39 is 0 Å². The van der Waals surface area contributed by atoms with Gasteiger partial charge in [0.15, 0.2) is 0 Å². The fourth-order valence-corrected chi connectivity index (χ4v) is 2.95. The molecule has 100 valence electrons. The molecule has 0 aromatic heterocycles. The van der Waals surface area contributed by atoms with Crippen molar-refractivity contribution in [2.75, 3.05) is 6.54 Å². The monoisotopic (exact) mass is 270 g/mol. The van der Waals surface area contributed by atoms with E-state index in [1.807, 2.05) is 0 Å². The normalized spacial score (nSPS) is 25.3. The zero-order chi connectivity index (χ0) is 13.1. The lowest BCUT2D eigenvalue weighted by Gasteiger charge is -2.22. The first kappa shape index (κ1) is 13.8. The molecule has 3 atom stereocenters. The largest absolute Gasteiger partial charge is 0.329 e. The Bertz CT molecular complexity index is 391. The van der Waals surface area contributed by atoms with Crippen LogP contribution in [0.15, 0.2) is 18.2 Å². The Morgan fingerprint density at radius 1 is 1.44 bits per heavy atom. The van der Waals surface area contributed by atoms with Gasteiger partial charge in [0.05, 0.1) is 0 Å². The highest BCUT2D eigenvalue weighted by Crippen LogP contribution is 2.27. The minimum atomic E-state index is -0.308. The maximum atomic E-state index is 13.3. The van der Waals surface area contributed by atoms with Crippen molar-refractivity contribution >= 4 is 11.6 Å². The summed E-state index contributed by atoms with van der Waals surface area (Å²) in [6.45, 7) is 2.71. The van der Waals surface area contributed by atoms with E-state index in [0.717, 1.165) is 11.5 Å². The van der Waals surface area contributed by atoms with E-state index in [1.54, 1.807) is 6.07 Å². The van der Waals surface area contributed by atoms with E-state index in [4.69, 9.17) is 17.3 Å². The summed E-state index contributed by atoms with van der Waals surface area (Å²) < 4.78 is 13.3. The van der Waals surface area contributed by atoms with Crippen molar-refractivity contribution in [3.8, 4) is 0 Å². The molecule has 0 bridgehead atoms. The van der Waals surface area contributed by atoms with Crippen LogP contribution in [0.2, 0.25) is 5.02 Å². The molecule has 3 N–H and O–H groups in total. The van der Waals surface area contributed by atoms with Gasteiger partial charge < -0.3 is 11.1 Å². The summed E-state index contributed by atoms with van der Waals surface area (Å²) in [5.74, 6) is 0.453. The minimum absolute atomic E-state index is 0.0199. The predicted molar refractivity (Wildman–Crippen MR) is 73.1 cm³/mol. The van der Waals surface area contributed by atoms with Crippen molar-refractivity contribution in [2.45, 2.75) is 38.3 Å². The van der Waals surface area contributed by atoms with Crippen LogP contribution in [0.25, 0.3) is 0 Å². The number of nitrogens with one attached hydrogen (secondary N) is 1. The first-order valence-electron chi connectivity index (χ1n) is 6.50. The third-order valence-electron chi connectivity index (χ3n) is 3.65. The van der Waals surface area contributed by atoms with Gasteiger partial charge >= 0.3 is 0 Å². The molecule has 0 spiro atoms. The fraction of sp³-hybridized carbons (Fsp3) is 0.571. The first-order chi connectivity index (χ1) is 8.58. The Labute approximate surface area is 113 Å². The molecule has 0 aliphatic heterocycles. The van der Waals surface area contributed by atoms with E-state index in [2.05, 4.69) is 12.2 Å². The Morgan fingerprint density at radius 3 is 2.78 bits per heavy atom. The lowest BCUT2D eigenvalue weighted by molar-refractivity contribution is 0.433. The Balaban J connectivity index is 2.07. The average Bonchev–Trinajstić information content (AvgIpc) is 2.70. The molecule has 3 unspecified atom stereocenters. The molecule has 1 fully saturated rings. The van der Waals surface area contributed by atoms with Crippen LogP contribution in [0.5, 0.6) is 0 Å². The van der Waals surface area contributed by atoms with Gasteiger partial charge in [0.1, 0.15) is 5.82 Å². The quantitative estimate of drug-likeness (QED) is 0.881. The summed E-state index contributed by atoms with van der Waals surface area (Å²) in [5, 5.41) is 3.94. The van der Waals surface area contributed by atoms with E-state index in [9.17, 15) is 4.39 Å². The molecule has 1 saturated carbocycles. The summed E-state index contributed by atoms with van der Waals surface area (Å²) in [5.41, 5.74) is 6.62. The number of rotatable bonds is 4. The molecule has 2 nitrogen and oxygen atoms in total. The maximum Gasteiger partial charge on any atom is 0.125 e. The fourth-order valence-electron chi connectivity index (χ4n) is 2.72. The summed E-state index contributed by atoms with van der Waals surface area (Å²) >= 11 is 5.88. The number of nitrogens with two attached hydrogens (primary N) is 1. The zero-order valence-corrected chi connectivity index (χ0v) is 11.4. The van der Waals surface area contributed by atoms with Gasteiger partial charge in [-0.25, -0.2) is 4.39 Å². The molecule has 1 aromatic rings. The lowest BCUT2D eigenvalue weighted by Crippen LogP contribution is -2.35. The smallest absolute Gasteiger partial charge is 0.125 e. The minimum Gasteiger partial charge on any atom is -0.329 e. The van der Waals surface area contributed by atoms with Crippen molar-refractivity contribution in [2.24, 2.45) is 11.7 Å². The molecule has 4 heteroatoms. The molecule has 0 amide bonds. The van der Waals surface area contributed by atoms with Gasteiger partial charge in [-0.2, -0.15) is 0 Å². The molecule has 18 heavy (non-hydrogen) atoms. The van der Waals surface area contributed by atoms with Crippen LogP contribution in [-0.2, 0) is 0 Å². The molecule has 1 aliphatic carbocycles. The van der Waals surface area contributed by atoms with E-state index in [-0.39, 0.29) is 11.9 Å². The topological polar surface area (TPSA) is 38.0 Å². The second kappa shape index (κ2) is 6.00. The highest BCUT2D eigenvalue weighted by Gasteiger charge is 2.24. The van der Waals surface area contributed by atoms with Gasteiger partial charge in [0.2, 0.25) is 0 Å². The van der Waals surface area contributed by atoms with Gasteiger partial charge in [-0.3, -0.25) is 0 Å². The molecule has 0 saturated heterocycles. The molecule has 0 radical (unpaired) electrons. The van der Waals surface area contributed by atoms with Gasteiger partial charge in [-0.1, -0.05) is 18.5 Å². The number of halogens is 2. The number of hydrogen-bond donors (Lipinski definition) is 2. The highest BCUT2D eigenvalue weighted by molar-refractivity contribution is 6.30. The van der Waals surface area contributed by atoms with Crippen molar-refractivity contribution in [3.63, 3.8) is 0 Å². The zero-order valence-electron chi connectivity index (χ0n) is 10.6. The second-order valence-corrected chi connectivity index (χ2v) is 5.71. The molecular formula is C14H20ClFN2. The highest BCUT2D eigenvalue weighted by atomic mass is 35.5. The summed E-state index contributed by atoms with van der Waals surface area (Å²) in [4.78, 5) is 0. The third kappa shape index (κ3) is 3.44. The van der Waals surface area contributed by atoms with Gasteiger partial charge in [0, 0.05) is 23.7 Å². The molecule has 1 aliphatic rings. The first-order valence-corrected chi connectivity index (χ1v) is 6.88.